The molecule has 0 aromatic heterocycles. The summed E-state index contributed by atoms with van der Waals surface area (Å²) in [7, 11) is 0. The van der Waals surface area contributed by atoms with Crippen molar-refractivity contribution in [2.24, 2.45) is 11.8 Å². The van der Waals surface area contributed by atoms with Gasteiger partial charge in [-0.2, -0.15) is 0 Å². The molecule has 3 heteroatoms. The second kappa shape index (κ2) is 5.29. The number of nitrogens with one attached hydrogen (secondary N) is 1. The first-order valence-corrected chi connectivity index (χ1v) is 7.04. The average Bonchev–Trinajstić information content (AvgIpc) is 3.22. The summed E-state index contributed by atoms with van der Waals surface area (Å²) in [4.78, 5) is 0. The quantitative estimate of drug-likeness (QED) is 0.620. The fourth-order valence-electron chi connectivity index (χ4n) is 2.99. The summed E-state index contributed by atoms with van der Waals surface area (Å²) >= 11 is 0. The molecule has 18 heavy (non-hydrogen) atoms. The molecule has 0 bridgehead atoms. The molecular weight excluding hydrogens is 224 g/mol. The van der Waals surface area contributed by atoms with Crippen LogP contribution in [0.3, 0.4) is 0 Å². The zero-order valence-electron chi connectivity index (χ0n) is 10.8. The fourth-order valence-corrected chi connectivity index (χ4v) is 2.99. The predicted octanol–water partition coefficient (Wildman–Crippen LogP) is 2.57. The number of hydrogen-bond acceptors (Lipinski definition) is 3. The van der Waals surface area contributed by atoms with Crippen molar-refractivity contribution >= 4 is 0 Å². The summed E-state index contributed by atoms with van der Waals surface area (Å²) in [5, 5.41) is 0. The first-order valence-electron chi connectivity index (χ1n) is 7.04. The molecule has 1 heterocycles. The molecular formula is C15H22N2O. The van der Waals surface area contributed by atoms with Crippen LogP contribution in [0.25, 0.3) is 0 Å². The van der Waals surface area contributed by atoms with Crippen molar-refractivity contribution in [1.82, 2.24) is 5.43 Å². The van der Waals surface area contributed by atoms with Gasteiger partial charge in [-0.15, -0.1) is 0 Å². The van der Waals surface area contributed by atoms with Crippen LogP contribution in [0.5, 0.6) is 5.75 Å². The number of ether oxygens (including phenoxy) is 1. The Kier molecular flexibility index (Phi) is 3.52. The molecule has 3 rings (SSSR count). The molecule has 2 atom stereocenters. The normalized spacial score (nSPS) is 24.2. The molecule has 1 saturated carbocycles. The van der Waals surface area contributed by atoms with Gasteiger partial charge >= 0.3 is 0 Å². The van der Waals surface area contributed by atoms with Crippen LogP contribution in [0.4, 0.5) is 0 Å². The number of rotatable bonds is 5. The molecule has 1 aromatic carbocycles. The van der Waals surface area contributed by atoms with Crippen LogP contribution < -0.4 is 16.0 Å². The summed E-state index contributed by atoms with van der Waals surface area (Å²) in [5.74, 6) is 8.28. The summed E-state index contributed by atoms with van der Waals surface area (Å²) in [6.07, 6.45) is 6.26. The highest BCUT2D eigenvalue weighted by Crippen LogP contribution is 2.39. The van der Waals surface area contributed by atoms with Crippen LogP contribution in [-0.2, 0) is 0 Å². The van der Waals surface area contributed by atoms with Gasteiger partial charge in [0.2, 0.25) is 0 Å². The second-order valence-electron chi connectivity index (χ2n) is 5.65. The minimum absolute atomic E-state index is 0.452. The van der Waals surface area contributed by atoms with Gasteiger partial charge in [0.1, 0.15) is 5.75 Å². The minimum Gasteiger partial charge on any atom is -0.493 e. The van der Waals surface area contributed by atoms with E-state index in [1.54, 1.807) is 0 Å². The molecule has 1 aromatic rings. The monoisotopic (exact) mass is 246 g/mol. The smallest absolute Gasteiger partial charge is 0.122 e. The van der Waals surface area contributed by atoms with Crippen molar-refractivity contribution in [3.63, 3.8) is 0 Å². The van der Waals surface area contributed by atoms with Crippen molar-refractivity contribution < 1.29 is 4.74 Å². The van der Waals surface area contributed by atoms with E-state index in [9.17, 15) is 0 Å². The molecule has 2 unspecified atom stereocenters. The lowest BCUT2D eigenvalue weighted by atomic mass is 9.86. The maximum absolute atomic E-state index is 5.71. The van der Waals surface area contributed by atoms with Crippen molar-refractivity contribution in [3.05, 3.63) is 29.8 Å². The van der Waals surface area contributed by atoms with E-state index in [1.807, 2.05) is 6.07 Å². The number of para-hydroxylation sites is 1. The second-order valence-corrected chi connectivity index (χ2v) is 5.65. The van der Waals surface area contributed by atoms with Crippen LogP contribution >= 0.6 is 0 Å². The number of benzene rings is 1. The third kappa shape index (κ3) is 2.68. The van der Waals surface area contributed by atoms with Gasteiger partial charge in [0.15, 0.2) is 0 Å². The number of hydrogen-bond donors (Lipinski definition) is 2. The van der Waals surface area contributed by atoms with E-state index in [2.05, 4.69) is 23.6 Å². The van der Waals surface area contributed by atoms with Gasteiger partial charge in [-0.05, 0) is 42.7 Å². The minimum atomic E-state index is 0.452. The summed E-state index contributed by atoms with van der Waals surface area (Å²) < 4.78 is 5.71. The van der Waals surface area contributed by atoms with E-state index >= 15 is 0 Å². The maximum Gasteiger partial charge on any atom is 0.122 e. The Labute approximate surface area is 109 Å². The van der Waals surface area contributed by atoms with Gasteiger partial charge in [0, 0.05) is 6.04 Å². The standard InChI is InChI=1S/C15H22N2O/c16-17-13(9-11-5-6-11)10-12-7-8-18-15-4-2-1-3-14(12)15/h1-4,11-13,17H,5-10,16H2. The van der Waals surface area contributed by atoms with Gasteiger partial charge in [-0.1, -0.05) is 31.0 Å². The SMILES string of the molecule is NNC(CC1CC1)CC1CCOc2ccccc21. The number of nitrogens with two attached hydrogens (primary N) is 1. The van der Waals surface area contributed by atoms with Crippen LogP contribution in [-0.4, -0.2) is 12.6 Å². The molecule has 1 aliphatic carbocycles. The Hall–Kier alpha value is -1.06. The van der Waals surface area contributed by atoms with Crippen LogP contribution in [0.15, 0.2) is 24.3 Å². The Bertz CT molecular complexity index is 403. The van der Waals surface area contributed by atoms with E-state index in [-0.39, 0.29) is 0 Å². The Morgan fingerprint density at radius 1 is 1.22 bits per heavy atom. The van der Waals surface area contributed by atoms with Crippen molar-refractivity contribution in [2.75, 3.05) is 6.61 Å². The van der Waals surface area contributed by atoms with Gasteiger partial charge in [0.05, 0.1) is 6.61 Å². The lowest BCUT2D eigenvalue weighted by Crippen LogP contribution is -2.37. The topological polar surface area (TPSA) is 47.3 Å². The largest absolute Gasteiger partial charge is 0.493 e. The number of hydrazine groups is 1. The summed E-state index contributed by atoms with van der Waals surface area (Å²) in [6.45, 7) is 0.836. The maximum atomic E-state index is 5.71. The Balaban J connectivity index is 1.68. The molecule has 0 saturated heterocycles. The van der Waals surface area contributed by atoms with E-state index in [4.69, 9.17) is 10.6 Å². The predicted molar refractivity (Wildman–Crippen MR) is 72.4 cm³/mol. The van der Waals surface area contributed by atoms with Gasteiger partial charge in [-0.25, -0.2) is 0 Å². The highest BCUT2D eigenvalue weighted by atomic mass is 16.5. The summed E-state index contributed by atoms with van der Waals surface area (Å²) in [5.41, 5.74) is 4.37. The lowest BCUT2D eigenvalue weighted by Gasteiger charge is -2.29. The molecule has 2 aliphatic rings. The van der Waals surface area contributed by atoms with Crippen molar-refractivity contribution in [3.8, 4) is 5.75 Å². The van der Waals surface area contributed by atoms with E-state index in [0.29, 0.717) is 12.0 Å². The molecule has 0 spiro atoms. The third-order valence-electron chi connectivity index (χ3n) is 4.20. The lowest BCUT2D eigenvalue weighted by molar-refractivity contribution is 0.252. The first kappa shape index (κ1) is 12.0. The van der Waals surface area contributed by atoms with E-state index in [1.165, 1.54) is 24.8 Å². The first-order chi connectivity index (χ1) is 8.86. The van der Waals surface area contributed by atoms with Crippen LogP contribution in [0.2, 0.25) is 0 Å². The van der Waals surface area contributed by atoms with Gasteiger partial charge in [-0.3, -0.25) is 11.3 Å². The van der Waals surface area contributed by atoms with E-state index in [0.717, 1.165) is 31.1 Å². The molecule has 0 amide bonds. The zero-order valence-corrected chi connectivity index (χ0v) is 10.8. The third-order valence-corrected chi connectivity index (χ3v) is 4.20. The molecule has 1 fully saturated rings. The van der Waals surface area contributed by atoms with Gasteiger partial charge in [0.25, 0.3) is 0 Å². The average molecular weight is 246 g/mol. The Morgan fingerprint density at radius 2 is 2.06 bits per heavy atom. The highest BCUT2D eigenvalue weighted by molar-refractivity contribution is 5.37. The summed E-state index contributed by atoms with van der Waals surface area (Å²) in [6, 6.07) is 8.88. The Morgan fingerprint density at radius 3 is 2.83 bits per heavy atom. The fraction of sp³-hybridized carbons (Fsp3) is 0.600. The van der Waals surface area contributed by atoms with Crippen LogP contribution in [0, 0.1) is 5.92 Å². The zero-order chi connectivity index (χ0) is 12.4. The van der Waals surface area contributed by atoms with Gasteiger partial charge < -0.3 is 4.74 Å². The number of fused-ring (bicyclic) bond motifs is 1. The molecule has 3 nitrogen and oxygen atoms in total. The molecule has 98 valence electrons. The molecule has 0 radical (unpaired) electrons. The molecule has 3 N–H and O–H groups in total. The van der Waals surface area contributed by atoms with Crippen molar-refractivity contribution in [1.29, 1.82) is 0 Å². The highest BCUT2D eigenvalue weighted by Gasteiger charge is 2.28. The van der Waals surface area contributed by atoms with Crippen LogP contribution in [0.1, 0.15) is 43.6 Å². The van der Waals surface area contributed by atoms with Crippen molar-refractivity contribution in [2.45, 2.75) is 44.1 Å². The molecule has 1 aliphatic heterocycles. The van der Waals surface area contributed by atoms with E-state index < -0.39 is 0 Å².